The van der Waals surface area contributed by atoms with Gasteiger partial charge in [-0.05, 0) is 35.4 Å². The predicted octanol–water partition coefficient (Wildman–Crippen LogP) is 4.03. The van der Waals surface area contributed by atoms with Crippen LogP contribution < -0.4 is 10.2 Å². The van der Waals surface area contributed by atoms with E-state index in [1.54, 1.807) is 19.2 Å². The van der Waals surface area contributed by atoms with Crippen molar-refractivity contribution in [2.75, 3.05) is 32.1 Å². The average Bonchev–Trinajstić information content (AvgIpc) is 3.19. The predicted molar refractivity (Wildman–Crippen MR) is 121 cm³/mol. The molecule has 27 heavy (non-hydrogen) atoms. The molecular formula is C21H26FIN4. The van der Waals surface area contributed by atoms with E-state index in [9.17, 15) is 4.39 Å². The van der Waals surface area contributed by atoms with Crippen LogP contribution in [0.4, 0.5) is 10.1 Å². The van der Waals surface area contributed by atoms with Gasteiger partial charge in [0.05, 0.1) is 0 Å². The molecule has 1 heterocycles. The third-order valence-corrected chi connectivity index (χ3v) is 4.45. The van der Waals surface area contributed by atoms with Gasteiger partial charge in [0.25, 0.3) is 0 Å². The summed E-state index contributed by atoms with van der Waals surface area (Å²) >= 11 is 0. The first-order valence-corrected chi connectivity index (χ1v) is 8.81. The smallest absolute Gasteiger partial charge is 0.193 e. The van der Waals surface area contributed by atoms with Gasteiger partial charge in [-0.3, -0.25) is 4.99 Å². The van der Waals surface area contributed by atoms with E-state index in [4.69, 9.17) is 0 Å². The van der Waals surface area contributed by atoms with Crippen molar-refractivity contribution in [3.63, 3.8) is 0 Å². The average molecular weight is 480 g/mol. The van der Waals surface area contributed by atoms with Gasteiger partial charge in [-0.25, -0.2) is 4.39 Å². The molecule has 2 aromatic rings. The molecule has 1 N–H and O–H groups in total. The second kappa shape index (κ2) is 10.3. The summed E-state index contributed by atoms with van der Waals surface area (Å²) in [4.78, 5) is 8.72. The van der Waals surface area contributed by atoms with Crippen molar-refractivity contribution in [3.8, 4) is 0 Å². The minimum atomic E-state index is -0.216. The molecule has 0 amide bonds. The van der Waals surface area contributed by atoms with Crippen molar-refractivity contribution >= 4 is 35.6 Å². The number of halogens is 2. The molecule has 0 saturated carbocycles. The SMILES string of the molecule is CN=C(NCc1cccc(N2CC=CC2)c1)N(C)Cc1ccc(F)cc1.I. The third-order valence-electron chi connectivity index (χ3n) is 4.45. The Labute approximate surface area is 177 Å². The summed E-state index contributed by atoms with van der Waals surface area (Å²) in [6.45, 7) is 3.31. The summed E-state index contributed by atoms with van der Waals surface area (Å²) in [7, 11) is 3.75. The molecule has 0 unspecified atom stereocenters. The highest BCUT2D eigenvalue weighted by Gasteiger charge is 2.09. The van der Waals surface area contributed by atoms with E-state index in [1.807, 2.05) is 11.9 Å². The maximum absolute atomic E-state index is 13.0. The van der Waals surface area contributed by atoms with Crippen molar-refractivity contribution in [2.24, 2.45) is 4.99 Å². The second-order valence-corrected chi connectivity index (χ2v) is 6.43. The van der Waals surface area contributed by atoms with Crippen molar-refractivity contribution in [3.05, 3.63) is 77.6 Å². The number of guanidine groups is 1. The monoisotopic (exact) mass is 480 g/mol. The third kappa shape index (κ3) is 5.95. The molecule has 1 aliphatic rings. The Bertz CT molecular complexity index is 781. The van der Waals surface area contributed by atoms with Gasteiger partial charge in [-0.15, -0.1) is 24.0 Å². The largest absolute Gasteiger partial charge is 0.364 e. The Morgan fingerprint density at radius 1 is 1.11 bits per heavy atom. The van der Waals surface area contributed by atoms with E-state index in [2.05, 4.69) is 51.6 Å². The maximum Gasteiger partial charge on any atom is 0.193 e. The Balaban J connectivity index is 0.00000261. The van der Waals surface area contributed by atoms with E-state index in [1.165, 1.54) is 23.4 Å². The molecule has 0 aromatic heterocycles. The minimum Gasteiger partial charge on any atom is -0.364 e. The van der Waals surface area contributed by atoms with Gasteiger partial charge in [0.1, 0.15) is 5.82 Å². The number of hydrogen-bond donors (Lipinski definition) is 1. The maximum atomic E-state index is 13.0. The van der Waals surface area contributed by atoms with E-state index in [-0.39, 0.29) is 29.8 Å². The molecule has 6 heteroatoms. The van der Waals surface area contributed by atoms with Gasteiger partial charge < -0.3 is 15.1 Å². The summed E-state index contributed by atoms with van der Waals surface area (Å²) in [5, 5.41) is 3.40. The molecule has 0 radical (unpaired) electrons. The molecule has 1 aliphatic heterocycles. The molecule has 0 saturated heterocycles. The van der Waals surface area contributed by atoms with Crippen LogP contribution in [-0.4, -0.2) is 38.0 Å². The first-order valence-electron chi connectivity index (χ1n) is 8.81. The Hall–Kier alpha value is -2.09. The van der Waals surface area contributed by atoms with Crippen LogP contribution in [0.25, 0.3) is 0 Å². The molecule has 0 bridgehead atoms. The number of aliphatic imine (C=N–C) groups is 1. The molecule has 3 rings (SSSR count). The molecule has 0 aliphatic carbocycles. The summed E-state index contributed by atoms with van der Waals surface area (Å²) in [6.07, 6.45) is 4.38. The Morgan fingerprint density at radius 3 is 2.48 bits per heavy atom. The Morgan fingerprint density at radius 2 is 1.81 bits per heavy atom. The van der Waals surface area contributed by atoms with Crippen molar-refractivity contribution < 1.29 is 4.39 Å². The van der Waals surface area contributed by atoms with Crippen LogP contribution in [-0.2, 0) is 13.1 Å². The van der Waals surface area contributed by atoms with E-state index in [0.29, 0.717) is 13.1 Å². The highest BCUT2D eigenvalue weighted by molar-refractivity contribution is 14.0. The highest BCUT2D eigenvalue weighted by atomic mass is 127. The van der Waals surface area contributed by atoms with Gasteiger partial charge in [0.2, 0.25) is 0 Å². The Kier molecular flexibility index (Phi) is 8.09. The number of nitrogens with zero attached hydrogens (tertiary/aromatic N) is 3. The lowest BCUT2D eigenvalue weighted by Gasteiger charge is -2.23. The van der Waals surface area contributed by atoms with Gasteiger partial charge in [0.15, 0.2) is 5.96 Å². The summed E-state index contributed by atoms with van der Waals surface area (Å²) < 4.78 is 13.0. The quantitative estimate of drug-likeness (QED) is 0.304. The molecule has 0 atom stereocenters. The molecule has 0 spiro atoms. The zero-order chi connectivity index (χ0) is 18.4. The molecule has 4 nitrogen and oxygen atoms in total. The van der Waals surface area contributed by atoms with Crippen LogP contribution >= 0.6 is 24.0 Å². The lowest BCUT2D eigenvalue weighted by Crippen LogP contribution is -2.38. The van der Waals surface area contributed by atoms with Crippen LogP contribution in [0.1, 0.15) is 11.1 Å². The topological polar surface area (TPSA) is 30.9 Å². The standard InChI is InChI=1S/C21H25FN4.HI/c1-23-21(25(2)16-17-8-10-19(22)11-9-17)24-15-18-6-5-7-20(14-18)26-12-3-4-13-26;/h3-11,14H,12-13,15-16H2,1-2H3,(H,23,24);1H. The van der Waals surface area contributed by atoms with Gasteiger partial charge in [-0.1, -0.05) is 36.4 Å². The fourth-order valence-electron chi connectivity index (χ4n) is 3.06. The van der Waals surface area contributed by atoms with Crippen molar-refractivity contribution in [1.29, 1.82) is 0 Å². The van der Waals surface area contributed by atoms with Gasteiger partial charge in [0, 0.05) is 46.0 Å². The van der Waals surface area contributed by atoms with Crippen LogP contribution in [0.3, 0.4) is 0 Å². The number of anilines is 1. The first-order chi connectivity index (χ1) is 12.7. The van der Waals surface area contributed by atoms with Crippen LogP contribution in [0.15, 0.2) is 65.7 Å². The lowest BCUT2D eigenvalue weighted by atomic mass is 10.2. The zero-order valence-corrected chi connectivity index (χ0v) is 18.1. The molecular weight excluding hydrogens is 454 g/mol. The minimum absolute atomic E-state index is 0. The molecule has 0 fully saturated rings. The lowest BCUT2D eigenvalue weighted by molar-refractivity contribution is 0.476. The highest BCUT2D eigenvalue weighted by Crippen LogP contribution is 2.18. The van der Waals surface area contributed by atoms with E-state index < -0.39 is 0 Å². The van der Waals surface area contributed by atoms with E-state index >= 15 is 0 Å². The summed E-state index contributed by atoms with van der Waals surface area (Å²) in [5.74, 6) is 0.592. The number of benzene rings is 2. The van der Waals surface area contributed by atoms with Gasteiger partial charge >= 0.3 is 0 Å². The second-order valence-electron chi connectivity index (χ2n) is 6.43. The van der Waals surface area contributed by atoms with Crippen LogP contribution in [0.2, 0.25) is 0 Å². The fraction of sp³-hybridized carbons (Fsp3) is 0.286. The fourth-order valence-corrected chi connectivity index (χ4v) is 3.06. The molecule has 144 valence electrons. The van der Waals surface area contributed by atoms with E-state index in [0.717, 1.165) is 24.6 Å². The number of rotatable bonds is 5. The van der Waals surface area contributed by atoms with Crippen molar-refractivity contribution in [1.82, 2.24) is 10.2 Å². The zero-order valence-electron chi connectivity index (χ0n) is 15.7. The van der Waals surface area contributed by atoms with Crippen LogP contribution in [0.5, 0.6) is 0 Å². The molecule has 2 aromatic carbocycles. The number of hydrogen-bond acceptors (Lipinski definition) is 2. The normalized spacial score (nSPS) is 13.4. The van der Waals surface area contributed by atoms with Gasteiger partial charge in [-0.2, -0.15) is 0 Å². The van der Waals surface area contributed by atoms with Crippen molar-refractivity contribution in [2.45, 2.75) is 13.1 Å². The summed E-state index contributed by atoms with van der Waals surface area (Å²) in [5.41, 5.74) is 3.50. The summed E-state index contributed by atoms with van der Waals surface area (Å²) in [6, 6.07) is 15.1. The first kappa shape index (κ1) is 21.2. The van der Waals surface area contributed by atoms with Crippen LogP contribution in [0, 0.1) is 5.82 Å². The number of nitrogens with one attached hydrogen (secondary N) is 1.